The van der Waals surface area contributed by atoms with Crippen molar-refractivity contribution >= 4 is 28.7 Å². The van der Waals surface area contributed by atoms with Gasteiger partial charge in [-0.25, -0.2) is 15.0 Å². The summed E-state index contributed by atoms with van der Waals surface area (Å²) < 4.78 is 13.0. The molecule has 3 aromatic rings. The van der Waals surface area contributed by atoms with Gasteiger partial charge >= 0.3 is 0 Å². The van der Waals surface area contributed by atoms with Crippen LogP contribution < -0.4 is 20.5 Å². The molecule has 1 fully saturated rings. The Hall–Kier alpha value is -2.96. The van der Waals surface area contributed by atoms with E-state index in [0.717, 1.165) is 46.8 Å². The number of ether oxygens (including phenoxy) is 2. The number of nitrogens with two attached hydrogens (primary N) is 1. The molecular formula is C20H20N6O2S. The molecule has 9 heteroatoms. The van der Waals surface area contributed by atoms with Crippen LogP contribution >= 0.6 is 11.8 Å². The van der Waals surface area contributed by atoms with Gasteiger partial charge in [-0.2, -0.15) is 0 Å². The van der Waals surface area contributed by atoms with E-state index in [-0.39, 0.29) is 6.79 Å². The molecule has 29 heavy (non-hydrogen) atoms. The minimum absolute atomic E-state index is 0.199. The molecule has 2 aliphatic rings. The molecule has 0 bridgehead atoms. The first-order valence-electron chi connectivity index (χ1n) is 9.48. The molecule has 0 radical (unpaired) electrons. The molecule has 0 unspecified atom stereocenters. The van der Waals surface area contributed by atoms with E-state index in [2.05, 4.69) is 25.8 Å². The normalized spacial score (nSPS) is 15.0. The number of fused-ring (bicyclic) bond motifs is 2. The number of rotatable bonds is 7. The second-order valence-electron chi connectivity index (χ2n) is 7.07. The third kappa shape index (κ3) is 3.57. The molecule has 3 N–H and O–H groups in total. The van der Waals surface area contributed by atoms with Crippen molar-refractivity contribution in [2.24, 2.45) is 5.92 Å². The van der Waals surface area contributed by atoms with E-state index in [1.165, 1.54) is 30.9 Å². The van der Waals surface area contributed by atoms with Gasteiger partial charge in [0.1, 0.15) is 6.33 Å². The smallest absolute Gasteiger partial charge is 0.231 e. The van der Waals surface area contributed by atoms with Crippen molar-refractivity contribution in [2.75, 3.05) is 25.6 Å². The van der Waals surface area contributed by atoms with Gasteiger partial charge in [0.05, 0.1) is 0 Å². The first-order valence-corrected chi connectivity index (χ1v) is 10.3. The van der Waals surface area contributed by atoms with Crippen LogP contribution in [0.4, 0.5) is 5.82 Å². The summed E-state index contributed by atoms with van der Waals surface area (Å²) in [6.45, 7) is 2.79. The third-order valence-electron chi connectivity index (χ3n) is 5.00. The van der Waals surface area contributed by atoms with E-state index >= 15 is 0 Å². The minimum Gasteiger partial charge on any atom is -0.454 e. The van der Waals surface area contributed by atoms with E-state index < -0.39 is 0 Å². The van der Waals surface area contributed by atoms with Crippen LogP contribution in [-0.4, -0.2) is 39.4 Å². The lowest BCUT2D eigenvalue weighted by atomic mass is 10.2. The number of anilines is 1. The summed E-state index contributed by atoms with van der Waals surface area (Å²) in [5, 5.41) is 4.27. The highest BCUT2D eigenvalue weighted by Crippen LogP contribution is 2.41. The summed E-state index contributed by atoms with van der Waals surface area (Å²) in [4.78, 5) is 14.1. The molecular weight excluding hydrogens is 388 g/mol. The summed E-state index contributed by atoms with van der Waals surface area (Å²) in [5.74, 6) is 5.26. The number of terminal acetylenes is 1. The summed E-state index contributed by atoms with van der Waals surface area (Å²) in [6, 6.07) is 3.72. The number of hydrogen-bond donors (Lipinski definition) is 2. The highest BCUT2D eigenvalue weighted by atomic mass is 32.2. The maximum atomic E-state index is 6.04. The maximum absolute atomic E-state index is 6.04. The highest BCUT2D eigenvalue weighted by molar-refractivity contribution is 7.99. The Balaban J connectivity index is 1.48. The van der Waals surface area contributed by atoms with Crippen LogP contribution in [-0.2, 0) is 6.54 Å². The second-order valence-corrected chi connectivity index (χ2v) is 8.08. The monoisotopic (exact) mass is 408 g/mol. The maximum Gasteiger partial charge on any atom is 0.231 e. The Morgan fingerprint density at radius 2 is 2.10 bits per heavy atom. The molecule has 2 aromatic heterocycles. The number of imidazole rings is 1. The summed E-state index contributed by atoms with van der Waals surface area (Å²) >= 11 is 1.47. The fraction of sp³-hybridized carbons (Fsp3) is 0.350. The zero-order valence-corrected chi connectivity index (χ0v) is 16.5. The van der Waals surface area contributed by atoms with Crippen molar-refractivity contribution in [3.8, 4) is 23.8 Å². The van der Waals surface area contributed by atoms with Gasteiger partial charge in [0, 0.05) is 29.6 Å². The van der Waals surface area contributed by atoms with Crippen LogP contribution in [0.2, 0.25) is 0 Å². The summed E-state index contributed by atoms with van der Waals surface area (Å²) in [6.07, 6.45) is 9.84. The Bertz CT molecular complexity index is 1120. The molecule has 1 aliphatic carbocycles. The molecule has 0 saturated heterocycles. The third-order valence-corrected chi connectivity index (χ3v) is 6.05. The quantitative estimate of drug-likeness (QED) is 0.454. The summed E-state index contributed by atoms with van der Waals surface area (Å²) in [5.41, 5.74) is 8.09. The van der Waals surface area contributed by atoms with Gasteiger partial charge in [-0.05, 0) is 31.4 Å². The number of aromatic nitrogens is 4. The largest absolute Gasteiger partial charge is 0.454 e. The van der Waals surface area contributed by atoms with Gasteiger partial charge in [0.25, 0.3) is 0 Å². The van der Waals surface area contributed by atoms with Gasteiger partial charge in [-0.3, -0.25) is 0 Å². The van der Waals surface area contributed by atoms with Crippen LogP contribution in [0.25, 0.3) is 11.2 Å². The Morgan fingerprint density at radius 1 is 1.28 bits per heavy atom. The Morgan fingerprint density at radius 3 is 2.90 bits per heavy atom. The van der Waals surface area contributed by atoms with Gasteiger partial charge in [0.2, 0.25) is 6.79 Å². The molecule has 0 amide bonds. The van der Waals surface area contributed by atoms with Crippen molar-refractivity contribution in [1.29, 1.82) is 0 Å². The van der Waals surface area contributed by atoms with Gasteiger partial charge in [-0.15, -0.1) is 6.42 Å². The molecule has 1 aromatic carbocycles. The molecule has 5 rings (SSSR count). The molecule has 0 spiro atoms. The average molecular weight is 408 g/mol. The molecule has 8 nitrogen and oxygen atoms in total. The first kappa shape index (κ1) is 18.1. The van der Waals surface area contributed by atoms with Crippen LogP contribution in [0.1, 0.15) is 18.4 Å². The van der Waals surface area contributed by atoms with E-state index in [4.69, 9.17) is 26.6 Å². The number of hydrogen-bond acceptors (Lipinski definition) is 8. The lowest BCUT2D eigenvalue weighted by Crippen LogP contribution is -2.22. The lowest BCUT2D eigenvalue weighted by Gasteiger charge is -2.10. The van der Waals surface area contributed by atoms with E-state index in [1.807, 2.05) is 12.1 Å². The fourth-order valence-corrected chi connectivity index (χ4v) is 4.27. The fourth-order valence-electron chi connectivity index (χ4n) is 3.25. The molecule has 1 saturated carbocycles. The van der Waals surface area contributed by atoms with Gasteiger partial charge < -0.3 is 25.1 Å². The van der Waals surface area contributed by atoms with Crippen molar-refractivity contribution in [3.05, 3.63) is 24.0 Å². The number of nitrogen functional groups attached to an aromatic ring is 1. The first-order chi connectivity index (χ1) is 14.2. The molecule has 3 heterocycles. The van der Waals surface area contributed by atoms with Crippen molar-refractivity contribution < 1.29 is 9.47 Å². The van der Waals surface area contributed by atoms with E-state index in [0.29, 0.717) is 22.8 Å². The van der Waals surface area contributed by atoms with Crippen LogP contribution in [0.3, 0.4) is 0 Å². The highest BCUT2D eigenvalue weighted by Gasteiger charge is 2.22. The minimum atomic E-state index is 0.199. The SMILES string of the molecule is C#Cc1cc2c(cc1Sc1nc3c(N)ncnc3n1CCNCC1CC1)OCO2. The summed E-state index contributed by atoms with van der Waals surface area (Å²) in [7, 11) is 0. The molecule has 0 atom stereocenters. The van der Waals surface area contributed by atoms with Crippen LogP contribution in [0, 0.1) is 18.3 Å². The van der Waals surface area contributed by atoms with Crippen molar-refractivity contribution in [3.63, 3.8) is 0 Å². The molecule has 148 valence electrons. The van der Waals surface area contributed by atoms with E-state index in [1.54, 1.807) is 0 Å². The Kier molecular flexibility index (Phi) is 4.66. The van der Waals surface area contributed by atoms with Gasteiger partial charge in [0.15, 0.2) is 33.6 Å². The van der Waals surface area contributed by atoms with Crippen molar-refractivity contribution in [2.45, 2.75) is 29.4 Å². The van der Waals surface area contributed by atoms with E-state index in [9.17, 15) is 0 Å². The van der Waals surface area contributed by atoms with Crippen molar-refractivity contribution in [1.82, 2.24) is 24.8 Å². The zero-order valence-electron chi connectivity index (χ0n) is 15.7. The standard InChI is InChI=1S/C20H20N6O2S/c1-2-13-7-14-15(28-11-27-14)8-16(13)29-20-25-17-18(21)23-10-24-19(17)26(20)6-5-22-9-12-3-4-12/h1,7-8,10,12,22H,3-6,9,11H2,(H2,21,23,24). The predicted molar refractivity (Wildman–Crippen MR) is 110 cm³/mol. The Labute approximate surface area is 172 Å². The van der Waals surface area contributed by atoms with Crippen LogP contribution in [0.15, 0.2) is 28.5 Å². The number of benzene rings is 1. The number of nitrogens with one attached hydrogen (secondary N) is 1. The number of nitrogens with zero attached hydrogens (tertiary/aromatic N) is 4. The molecule has 1 aliphatic heterocycles. The zero-order chi connectivity index (χ0) is 19.8. The lowest BCUT2D eigenvalue weighted by molar-refractivity contribution is 0.174. The topological polar surface area (TPSA) is 100 Å². The predicted octanol–water partition coefficient (Wildman–Crippen LogP) is 2.27. The average Bonchev–Trinajstić information content (AvgIpc) is 3.32. The van der Waals surface area contributed by atoms with Crippen LogP contribution in [0.5, 0.6) is 11.5 Å². The second kappa shape index (κ2) is 7.46. The van der Waals surface area contributed by atoms with Gasteiger partial charge in [-0.1, -0.05) is 17.7 Å².